The Balaban J connectivity index is 2.40. The van der Waals surface area contributed by atoms with E-state index in [1.165, 1.54) is 11.3 Å². The summed E-state index contributed by atoms with van der Waals surface area (Å²) in [6.07, 6.45) is 0. The second-order valence-electron chi connectivity index (χ2n) is 3.61. The van der Waals surface area contributed by atoms with Crippen LogP contribution in [0.15, 0.2) is 35.7 Å². The largest absolute Gasteiger partial charge is 0.281 e. The Kier molecular flexibility index (Phi) is 2.39. The summed E-state index contributed by atoms with van der Waals surface area (Å²) in [4.78, 5) is 0.609. The van der Waals surface area contributed by atoms with Crippen molar-refractivity contribution in [3.05, 3.63) is 46.9 Å². The van der Waals surface area contributed by atoms with Crippen LogP contribution in [0.2, 0.25) is 0 Å². The summed E-state index contributed by atoms with van der Waals surface area (Å²) in [5, 5.41) is 26.5. The summed E-state index contributed by atoms with van der Waals surface area (Å²) in [5.41, 5.74) is 1.94. The molecule has 0 spiro atoms. The van der Waals surface area contributed by atoms with Gasteiger partial charge >= 0.3 is 0 Å². The van der Waals surface area contributed by atoms with Crippen molar-refractivity contribution in [2.24, 2.45) is 0 Å². The Morgan fingerprint density at radius 2 is 2.00 bits per heavy atom. The van der Waals surface area contributed by atoms with Crippen LogP contribution in [0.4, 0.5) is 0 Å². The fourth-order valence-electron chi connectivity index (χ4n) is 1.73. The fraction of sp³-hybridized carbons (Fsp3) is 0. The maximum absolute atomic E-state index is 8.89. The number of thiazole rings is 1. The summed E-state index contributed by atoms with van der Waals surface area (Å²) < 4.78 is 1.64. The Hall–Kier alpha value is -2.52. The lowest BCUT2D eigenvalue weighted by atomic mass is 10.2. The molecule has 0 bridgehead atoms. The van der Waals surface area contributed by atoms with Crippen molar-refractivity contribution in [2.45, 2.75) is 0 Å². The van der Waals surface area contributed by atoms with Crippen LogP contribution in [0, 0.1) is 16.7 Å². The van der Waals surface area contributed by atoms with E-state index in [-0.39, 0.29) is 11.2 Å². The molecule has 2 heterocycles. The van der Waals surface area contributed by atoms with Gasteiger partial charge in [-0.25, -0.2) is 0 Å². The Morgan fingerprint density at radius 1 is 1.22 bits per heavy atom. The van der Waals surface area contributed by atoms with Crippen LogP contribution in [-0.4, -0.2) is 14.6 Å². The molecular formula is C12H7N5S. The maximum atomic E-state index is 8.89. The lowest BCUT2D eigenvalue weighted by Crippen LogP contribution is -2.19. The number of nitrogens with zero attached hydrogens (tertiary/aromatic N) is 4. The predicted octanol–water partition coefficient (Wildman–Crippen LogP) is 1.81. The minimum Gasteiger partial charge on any atom is -0.281 e. The average molecular weight is 253 g/mol. The molecule has 0 aliphatic carbocycles. The van der Waals surface area contributed by atoms with Crippen molar-refractivity contribution >= 4 is 16.3 Å². The highest BCUT2D eigenvalue weighted by atomic mass is 32.1. The monoisotopic (exact) mass is 253 g/mol. The SMILES string of the molecule is N#Cc1nnc2scc(-c3ccccc3)n2c1=N. The molecule has 0 unspecified atom stereocenters. The maximum Gasteiger partial charge on any atom is 0.216 e. The molecule has 0 saturated heterocycles. The Labute approximate surface area is 106 Å². The van der Waals surface area contributed by atoms with Gasteiger partial charge in [0.25, 0.3) is 0 Å². The van der Waals surface area contributed by atoms with E-state index in [1.54, 1.807) is 4.40 Å². The first-order chi connectivity index (χ1) is 8.81. The molecule has 0 aliphatic rings. The van der Waals surface area contributed by atoms with Crippen molar-refractivity contribution in [2.75, 3.05) is 0 Å². The number of hydrogen-bond donors (Lipinski definition) is 1. The van der Waals surface area contributed by atoms with Gasteiger partial charge in [-0.1, -0.05) is 30.3 Å². The van der Waals surface area contributed by atoms with Gasteiger partial charge in [-0.3, -0.25) is 9.81 Å². The van der Waals surface area contributed by atoms with E-state index in [4.69, 9.17) is 10.7 Å². The van der Waals surface area contributed by atoms with E-state index in [9.17, 15) is 0 Å². The van der Waals surface area contributed by atoms with E-state index in [2.05, 4.69) is 10.2 Å². The normalized spacial score (nSPS) is 10.4. The highest BCUT2D eigenvalue weighted by Gasteiger charge is 2.10. The molecule has 0 amide bonds. The van der Waals surface area contributed by atoms with Crippen molar-refractivity contribution in [3.8, 4) is 17.3 Å². The lowest BCUT2D eigenvalue weighted by Gasteiger charge is -2.01. The third-order valence-corrected chi connectivity index (χ3v) is 3.38. The lowest BCUT2D eigenvalue weighted by molar-refractivity contribution is 0.894. The van der Waals surface area contributed by atoms with E-state index in [0.717, 1.165) is 11.3 Å². The molecule has 1 N–H and O–H groups in total. The van der Waals surface area contributed by atoms with E-state index < -0.39 is 0 Å². The van der Waals surface area contributed by atoms with Crippen LogP contribution in [0.25, 0.3) is 16.2 Å². The molecule has 86 valence electrons. The van der Waals surface area contributed by atoms with Crippen LogP contribution < -0.4 is 5.49 Å². The number of hydrogen-bond acceptors (Lipinski definition) is 5. The van der Waals surface area contributed by atoms with Crippen LogP contribution in [-0.2, 0) is 0 Å². The summed E-state index contributed by atoms with van der Waals surface area (Å²) in [6, 6.07) is 11.6. The first kappa shape index (κ1) is 10.6. The molecule has 3 rings (SSSR count). The zero-order valence-corrected chi connectivity index (χ0v) is 9.98. The zero-order chi connectivity index (χ0) is 12.5. The third kappa shape index (κ3) is 1.49. The van der Waals surface area contributed by atoms with Gasteiger partial charge in [-0.05, 0) is 5.56 Å². The minimum absolute atomic E-state index is 0.0306. The number of benzene rings is 1. The first-order valence-corrected chi connectivity index (χ1v) is 6.06. The van der Waals surface area contributed by atoms with Gasteiger partial charge in [0.2, 0.25) is 10.7 Å². The fourth-order valence-corrected chi connectivity index (χ4v) is 2.57. The minimum atomic E-state index is 0.0306. The first-order valence-electron chi connectivity index (χ1n) is 5.18. The van der Waals surface area contributed by atoms with Crippen LogP contribution in [0.1, 0.15) is 5.69 Å². The van der Waals surface area contributed by atoms with E-state index in [0.29, 0.717) is 4.96 Å². The van der Waals surface area contributed by atoms with E-state index in [1.807, 2.05) is 41.8 Å². The van der Waals surface area contributed by atoms with Crippen LogP contribution in [0.3, 0.4) is 0 Å². The Bertz CT molecular complexity index is 810. The molecular weight excluding hydrogens is 246 g/mol. The van der Waals surface area contributed by atoms with Crippen molar-refractivity contribution in [1.82, 2.24) is 14.6 Å². The van der Waals surface area contributed by atoms with Gasteiger partial charge in [0.1, 0.15) is 6.07 Å². The summed E-state index contributed by atoms with van der Waals surface area (Å²) in [6.45, 7) is 0. The Morgan fingerprint density at radius 3 is 2.72 bits per heavy atom. The number of rotatable bonds is 1. The molecule has 0 aliphatic heterocycles. The molecule has 18 heavy (non-hydrogen) atoms. The van der Waals surface area contributed by atoms with Gasteiger partial charge in [0.05, 0.1) is 5.69 Å². The summed E-state index contributed by atoms with van der Waals surface area (Å²) >= 11 is 1.40. The number of nitrogens with one attached hydrogen (secondary N) is 1. The van der Waals surface area contributed by atoms with Crippen LogP contribution in [0.5, 0.6) is 0 Å². The second kappa shape index (κ2) is 4.05. The molecule has 5 nitrogen and oxygen atoms in total. The van der Waals surface area contributed by atoms with Gasteiger partial charge in [0.15, 0.2) is 5.49 Å². The van der Waals surface area contributed by atoms with Gasteiger partial charge in [0, 0.05) is 5.38 Å². The van der Waals surface area contributed by atoms with Gasteiger partial charge in [-0.2, -0.15) is 5.26 Å². The molecule has 0 atom stereocenters. The average Bonchev–Trinajstić information content (AvgIpc) is 2.85. The zero-order valence-electron chi connectivity index (χ0n) is 9.16. The number of fused-ring (bicyclic) bond motifs is 1. The number of nitriles is 1. The third-order valence-electron chi connectivity index (χ3n) is 2.57. The summed E-state index contributed by atoms with van der Waals surface area (Å²) in [5.74, 6) is 0. The molecule has 1 aromatic carbocycles. The standard InChI is InChI=1S/C12H7N5S/c13-6-9-11(14)17-10(7-18-12(17)16-15-9)8-4-2-1-3-5-8/h1-5,7,14H. The molecule has 0 saturated carbocycles. The highest BCUT2D eigenvalue weighted by Crippen LogP contribution is 2.22. The molecule has 3 aromatic rings. The van der Waals surface area contributed by atoms with Crippen molar-refractivity contribution < 1.29 is 0 Å². The van der Waals surface area contributed by atoms with Crippen molar-refractivity contribution in [1.29, 1.82) is 10.7 Å². The molecule has 0 fully saturated rings. The topological polar surface area (TPSA) is 77.8 Å². The molecule has 0 radical (unpaired) electrons. The molecule has 6 heteroatoms. The van der Waals surface area contributed by atoms with E-state index >= 15 is 0 Å². The highest BCUT2D eigenvalue weighted by molar-refractivity contribution is 7.15. The second-order valence-corrected chi connectivity index (χ2v) is 4.45. The molecule has 2 aromatic heterocycles. The number of aromatic nitrogens is 3. The van der Waals surface area contributed by atoms with Crippen LogP contribution >= 0.6 is 11.3 Å². The van der Waals surface area contributed by atoms with Gasteiger partial charge in [-0.15, -0.1) is 21.5 Å². The van der Waals surface area contributed by atoms with Crippen molar-refractivity contribution in [3.63, 3.8) is 0 Å². The van der Waals surface area contributed by atoms with Gasteiger partial charge < -0.3 is 0 Å². The smallest absolute Gasteiger partial charge is 0.216 e. The predicted molar refractivity (Wildman–Crippen MR) is 66.9 cm³/mol. The summed E-state index contributed by atoms with van der Waals surface area (Å²) in [7, 11) is 0. The quantitative estimate of drug-likeness (QED) is 0.718.